The van der Waals surface area contributed by atoms with Gasteiger partial charge in [-0.3, -0.25) is 4.79 Å². The van der Waals surface area contributed by atoms with Crippen molar-refractivity contribution in [2.45, 2.75) is 26.3 Å². The minimum Gasteiger partial charge on any atom is -0.507 e. The van der Waals surface area contributed by atoms with Gasteiger partial charge >= 0.3 is 0 Å². The molecule has 4 heteroatoms. The molecule has 4 nitrogen and oxygen atoms in total. The number of Topliss-reactive ketones (excluding diaryl/α,β-unsaturated/α-hetero) is 1. The summed E-state index contributed by atoms with van der Waals surface area (Å²) in [4.78, 5) is 12.0. The standard InChI is InChI=1S/C18H19NO3/c1-13-2-6-17(7-3-13)22-12-16(20)11-19-9-8-15(10-19)18(21)14-4-5-14/h2-3,6-10,21H,4-5,11-12H2,1H3. The molecule has 114 valence electrons. The second-order valence-corrected chi connectivity index (χ2v) is 5.67. The maximum Gasteiger partial charge on any atom is 0.189 e. The van der Waals surface area contributed by atoms with Crippen molar-refractivity contribution < 1.29 is 14.6 Å². The number of rotatable bonds is 6. The second kappa shape index (κ2) is 6.10. The van der Waals surface area contributed by atoms with Crippen LogP contribution in [0.3, 0.4) is 0 Å². The third-order valence-corrected chi connectivity index (χ3v) is 3.64. The quantitative estimate of drug-likeness (QED) is 0.830. The third kappa shape index (κ3) is 3.58. The molecule has 22 heavy (non-hydrogen) atoms. The summed E-state index contributed by atoms with van der Waals surface area (Å²) < 4.78 is 7.25. The Labute approximate surface area is 129 Å². The van der Waals surface area contributed by atoms with Gasteiger partial charge in [-0.2, -0.15) is 0 Å². The summed E-state index contributed by atoms with van der Waals surface area (Å²) in [6.45, 7) is 2.29. The molecule has 1 aliphatic rings. The van der Waals surface area contributed by atoms with Crippen molar-refractivity contribution in [2.75, 3.05) is 6.61 Å². The van der Waals surface area contributed by atoms with E-state index in [1.165, 1.54) is 0 Å². The van der Waals surface area contributed by atoms with E-state index in [4.69, 9.17) is 4.74 Å². The lowest BCUT2D eigenvalue weighted by Gasteiger charge is -2.06. The van der Waals surface area contributed by atoms with Gasteiger partial charge in [0.2, 0.25) is 0 Å². The van der Waals surface area contributed by atoms with Gasteiger partial charge in [-0.1, -0.05) is 17.7 Å². The molecule has 0 radical (unpaired) electrons. The van der Waals surface area contributed by atoms with Crippen LogP contribution < -0.4 is 4.74 Å². The predicted octanol–water partition coefficient (Wildman–Crippen LogP) is 3.51. The summed E-state index contributed by atoms with van der Waals surface area (Å²) in [6, 6.07) is 9.44. The zero-order valence-corrected chi connectivity index (χ0v) is 12.6. The minimum absolute atomic E-state index is 0.0127. The number of hydrogen-bond acceptors (Lipinski definition) is 3. The van der Waals surface area contributed by atoms with E-state index in [1.807, 2.05) is 37.3 Å². The molecule has 1 aromatic carbocycles. The van der Waals surface area contributed by atoms with E-state index in [1.54, 1.807) is 17.0 Å². The monoisotopic (exact) mass is 297 g/mol. The first-order valence-electron chi connectivity index (χ1n) is 7.40. The number of aryl methyl sites for hydroxylation is 1. The van der Waals surface area contributed by atoms with Crippen LogP contribution in [-0.4, -0.2) is 22.1 Å². The molecule has 1 saturated carbocycles. The highest BCUT2D eigenvalue weighted by Gasteiger charge is 2.19. The molecule has 1 aromatic heterocycles. The predicted molar refractivity (Wildman–Crippen MR) is 84.9 cm³/mol. The molecular formula is C18H19NO3. The minimum atomic E-state index is -0.0127. The normalized spacial score (nSPS) is 13.0. The first-order chi connectivity index (χ1) is 10.6. The molecule has 1 N–H and O–H groups in total. The van der Waals surface area contributed by atoms with Gasteiger partial charge < -0.3 is 14.4 Å². The van der Waals surface area contributed by atoms with Crippen LogP contribution >= 0.6 is 0 Å². The number of aliphatic hydroxyl groups is 1. The summed E-state index contributed by atoms with van der Waals surface area (Å²) in [5.41, 5.74) is 3.02. The molecule has 1 aliphatic carbocycles. The number of hydrogen-bond donors (Lipinski definition) is 1. The van der Waals surface area contributed by atoms with E-state index >= 15 is 0 Å². The summed E-state index contributed by atoms with van der Waals surface area (Å²) in [6.07, 6.45) is 5.55. The molecule has 0 bridgehead atoms. The Morgan fingerprint density at radius 3 is 2.64 bits per heavy atom. The molecule has 0 spiro atoms. The molecule has 0 unspecified atom stereocenters. The van der Waals surface area contributed by atoms with E-state index in [9.17, 15) is 9.90 Å². The highest BCUT2D eigenvalue weighted by Crippen LogP contribution is 2.34. The van der Waals surface area contributed by atoms with Crippen molar-refractivity contribution in [3.63, 3.8) is 0 Å². The SMILES string of the molecule is Cc1ccc(OCC(=O)Cn2ccc(C(O)=C3CC3)c2)cc1. The van der Waals surface area contributed by atoms with Gasteiger partial charge in [-0.25, -0.2) is 0 Å². The average Bonchev–Trinajstić information content (AvgIpc) is 3.26. The smallest absolute Gasteiger partial charge is 0.189 e. The summed E-state index contributed by atoms with van der Waals surface area (Å²) in [5, 5.41) is 9.94. The van der Waals surface area contributed by atoms with Crippen molar-refractivity contribution >= 4 is 11.5 Å². The van der Waals surface area contributed by atoms with Crippen LogP contribution in [0.5, 0.6) is 5.75 Å². The van der Waals surface area contributed by atoms with Crippen LogP contribution in [0.1, 0.15) is 24.0 Å². The van der Waals surface area contributed by atoms with Crippen LogP contribution in [-0.2, 0) is 11.3 Å². The molecule has 0 aliphatic heterocycles. The number of ether oxygens (including phenoxy) is 1. The molecule has 2 aromatic rings. The van der Waals surface area contributed by atoms with Crippen LogP contribution in [0.25, 0.3) is 5.76 Å². The Balaban J connectivity index is 1.53. The number of carbonyl (C=O) groups is 1. The number of aromatic nitrogens is 1. The second-order valence-electron chi connectivity index (χ2n) is 5.67. The number of allylic oxidation sites excluding steroid dienone is 1. The molecule has 1 fully saturated rings. The van der Waals surface area contributed by atoms with Crippen LogP contribution in [0.15, 0.2) is 48.3 Å². The van der Waals surface area contributed by atoms with Crippen molar-refractivity contribution in [1.29, 1.82) is 0 Å². The third-order valence-electron chi connectivity index (χ3n) is 3.64. The zero-order valence-electron chi connectivity index (χ0n) is 12.6. The topological polar surface area (TPSA) is 51.5 Å². The maximum atomic E-state index is 12.0. The first-order valence-corrected chi connectivity index (χ1v) is 7.40. The summed E-state index contributed by atoms with van der Waals surface area (Å²) in [7, 11) is 0. The Morgan fingerprint density at radius 2 is 1.95 bits per heavy atom. The van der Waals surface area contributed by atoms with E-state index in [-0.39, 0.29) is 18.9 Å². The lowest BCUT2D eigenvalue weighted by Crippen LogP contribution is -2.17. The Morgan fingerprint density at radius 1 is 1.23 bits per heavy atom. The Kier molecular flexibility index (Phi) is 4.00. The van der Waals surface area contributed by atoms with Crippen LogP contribution in [0, 0.1) is 6.92 Å². The molecular weight excluding hydrogens is 278 g/mol. The van der Waals surface area contributed by atoms with E-state index in [0.717, 1.165) is 29.5 Å². The van der Waals surface area contributed by atoms with Crippen LogP contribution in [0.2, 0.25) is 0 Å². The van der Waals surface area contributed by atoms with E-state index < -0.39 is 0 Å². The van der Waals surface area contributed by atoms with Crippen molar-refractivity contribution in [2.24, 2.45) is 0 Å². The number of carbonyl (C=O) groups excluding carboxylic acids is 1. The van der Waals surface area contributed by atoms with Crippen LogP contribution in [0.4, 0.5) is 0 Å². The first kappa shape index (κ1) is 14.4. The molecule has 1 heterocycles. The van der Waals surface area contributed by atoms with Crippen molar-refractivity contribution in [3.8, 4) is 5.75 Å². The average molecular weight is 297 g/mol. The fraction of sp³-hybridized carbons (Fsp3) is 0.278. The Bertz CT molecular complexity index is 704. The van der Waals surface area contributed by atoms with E-state index in [2.05, 4.69) is 0 Å². The molecule has 3 rings (SSSR count). The Hall–Kier alpha value is -2.49. The number of aliphatic hydroxyl groups excluding tert-OH is 1. The van der Waals surface area contributed by atoms with Crippen molar-refractivity contribution in [1.82, 2.24) is 4.57 Å². The summed E-state index contributed by atoms with van der Waals surface area (Å²) in [5.74, 6) is 1.05. The van der Waals surface area contributed by atoms with Gasteiger partial charge in [0.05, 0.1) is 6.54 Å². The molecule has 0 atom stereocenters. The van der Waals surface area contributed by atoms with Crippen molar-refractivity contribution in [3.05, 3.63) is 59.4 Å². The van der Waals surface area contributed by atoms with Gasteiger partial charge in [-0.05, 0) is 43.5 Å². The summed E-state index contributed by atoms with van der Waals surface area (Å²) >= 11 is 0. The number of nitrogens with zero attached hydrogens (tertiary/aromatic N) is 1. The lowest BCUT2D eigenvalue weighted by molar-refractivity contribution is -0.121. The van der Waals surface area contributed by atoms with E-state index in [0.29, 0.717) is 11.5 Å². The van der Waals surface area contributed by atoms with Gasteiger partial charge in [0.25, 0.3) is 0 Å². The highest BCUT2D eigenvalue weighted by atomic mass is 16.5. The lowest BCUT2D eigenvalue weighted by atomic mass is 10.2. The molecule has 0 amide bonds. The molecule has 0 saturated heterocycles. The fourth-order valence-corrected chi connectivity index (χ4v) is 2.23. The largest absolute Gasteiger partial charge is 0.507 e. The highest BCUT2D eigenvalue weighted by molar-refractivity contribution is 5.80. The van der Waals surface area contributed by atoms with Gasteiger partial charge in [-0.15, -0.1) is 0 Å². The number of benzene rings is 1. The number of ketones is 1. The van der Waals surface area contributed by atoms with Gasteiger partial charge in [0.1, 0.15) is 18.1 Å². The van der Waals surface area contributed by atoms with Gasteiger partial charge in [0.15, 0.2) is 5.78 Å². The zero-order chi connectivity index (χ0) is 15.5. The fourth-order valence-electron chi connectivity index (χ4n) is 2.23. The van der Waals surface area contributed by atoms with Gasteiger partial charge in [0, 0.05) is 18.0 Å². The maximum absolute atomic E-state index is 12.0.